The van der Waals surface area contributed by atoms with Crippen LogP contribution in [-0.4, -0.2) is 40.5 Å². The fourth-order valence-corrected chi connectivity index (χ4v) is 8.26. The Kier molecular flexibility index (Phi) is 6.80. The molecule has 6 nitrogen and oxygen atoms in total. The van der Waals surface area contributed by atoms with Gasteiger partial charge < -0.3 is 9.47 Å². The monoisotopic (exact) mass is 546 g/mol. The number of esters is 2. The number of hydrogen-bond acceptors (Lipinski definition) is 6. The van der Waals surface area contributed by atoms with Crippen molar-refractivity contribution in [3.63, 3.8) is 0 Å². The van der Waals surface area contributed by atoms with Crippen LogP contribution in [-0.2, 0) is 28.7 Å². The quantitative estimate of drug-likeness (QED) is 0.263. The van der Waals surface area contributed by atoms with Gasteiger partial charge in [-0.15, -0.1) is 0 Å². The van der Waals surface area contributed by atoms with Gasteiger partial charge >= 0.3 is 11.9 Å². The average molecular weight is 547 g/mol. The second kappa shape index (κ2) is 9.13. The van der Waals surface area contributed by atoms with Crippen molar-refractivity contribution in [1.29, 1.82) is 0 Å². The van der Waals surface area contributed by atoms with Crippen molar-refractivity contribution in [3.05, 3.63) is 35.5 Å². The van der Waals surface area contributed by atoms with Gasteiger partial charge in [-0.3, -0.25) is 19.2 Å². The summed E-state index contributed by atoms with van der Waals surface area (Å²) in [6.45, 7) is 9.20. The first-order chi connectivity index (χ1) is 16.4. The average Bonchev–Trinajstić information content (AvgIpc) is 3.05. The molecule has 0 aromatic rings. The lowest BCUT2D eigenvalue weighted by Crippen LogP contribution is -2.60. The summed E-state index contributed by atoms with van der Waals surface area (Å²) in [4.78, 5) is 50.6. The fourth-order valence-electron chi connectivity index (χ4n) is 7.26. The molecule has 190 valence electrons. The summed E-state index contributed by atoms with van der Waals surface area (Å²) in [6, 6.07) is 0. The Morgan fingerprint density at radius 1 is 1.14 bits per heavy atom. The zero-order valence-electron chi connectivity index (χ0n) is 21.2. The Balaban J connectivity index is 1.80. The highest BCUT2D eigenvalue weighted by molar-refractivity contribution is 9.09. The molecule has 35 heavy (non-hydrogen) atoms. The lowest BCUT2D eigenvalue weighted by molar-refractivity contribution is -0.191. The van der Waals surface area contributed by atoms with Gasteiger partial charge in [0, 0.05) is 34.4 Å². The molecule has 4 aliphatic rings. The summed E-state index contributed by atoms with van der Waals surface area (Å²) >= 11 is 3.94. The highest BCUT2D eigenvalue weighted by atomic mass is 79.9. The van der Waals surface area contributed by atoms with E-state index in [-0.39, 0.29) is 52.4 Å². The molecule has 2 saturated carbocycles. The number of fused-ring (bicyclic) bond motifs is 5. The van der Waals surface area contributed by atoms with E-state index in [1.54, 1.807) is 26.0 Å². The summed E-state index contributed by atoms with van der Waals surface area (Å²) in [5, 5.41) is 0. The van der Waals surface area contributed by atoms with Crippen LogP contribution >= 0.6 is 15.9 Å². The Labute approximate surface area is 215 Å². The largest absolute Gasteiger partial charge is 0.457 e. The van der Waals surface area contributed by atoms with Crippen molar-refractivity contribution >= 4 is 39.4 Å². The predicted molar refractivity (Wildman–Crippen MR) is 135 cm³/mol. The molecular weight excluding hydrogens is 512 g/mol. The molecule has 0 bridgehead atoms. The minimum Gasteiger partial charge on any atom is -0.457 e. The van der Waals surface area contributed by atoms with E-state index < -0.39 is 29.6 Å². The molecule has 0 saturated heterocycles. The molecule has 0 aromatic heterocycles. The molecule has 0 aromatic carbocycles. The van der Waals surface area contributed by atoms with E-state index in [4.69, 9.17) is 9.47 Å². The van der Waals surface area contributed by atoms with Crippen molar-refractivity contribution < 1.29 is 28.7 Å². The molecule has 0 heterocycles. The zero-order chi connectivity index (χ0) is 25.8. The van der Waals surface area contributed by atoms with Crippen molar-refractivity contribution in [2.24, 2.45) is 28.6 Å². The van der Waals surface area contributed by atoms with Gasteiger partial charge in [-0.1, -0.05) is 66.9 Å². The number of allylic oxidation sites excluding steroid dienone is 6. The maximum Gasteiger partial charge on any atom is 0.306 e. The van der Waals surface area contributed by atoms with Crippen LogP contribution < -0.4 is 0 Å². The Morgan fingerprint density at radius 3 is 2.49 bits per heavy atom. The van der Waals surface area contributed by atoms with Crippen LogP contribution in [0.2, 0.25) is 0 Å². The molecule has 0 aliphatic heterocycles. The van der Waals surface area contributed by atoms with Crippen LogP contribution in [0, 0.1) is 28.6 Å². The summed E-state index contributed by atoms with van der Waals surface area (Å²) in [7, 11) is 0. The van der Waals surface area contributed by atoms with E-state index in [1.165, 1.54) is 5.57 Å². The second-order valence-electron chi connectivity index (χ2n) is 10.9. The number of ether oxygens (including phenoxy) is 2. The molecule has 0 unspecified atom stereocenters. The number of alkyl halides is 1. The molecule has 0 N–H and O–H groups in total. The molecule has 4 aliphatic carbocycles. The smallest absolute Gasteiger partial charge is 0.306 e. The van der Waals surface area contributed by atoms with E-state index in [1.807, 2.05) is 13.0 Å². The molecule has 4 rings (SSSR count). The van der Waals surface area contributed by atoms with Crippen LogP contribution in [0.3, 0.4) is 0 Å². The van der Waals surface area contributed by atoms with Crippen molar-refractivity contribution in [2.75, 3.05) is 6.61 Å². The van der Waals surface area contributed by atoms with E-state index in [2.05, 4.69) is 35.9 Å². The lowest BCUT2D eigenvalue weighted by Gasteiger charge is -2.55. The lowest BCUT2D eigenvalue weighted by atomic mass is 9.51. The van der Waals surface area contributed by atoms with Crippen LogP contribution in [0.4, 0.5) is 0 Å². The number of rotatable bonds is 6. The van der Waals surface area contributed by atoms with Crippen molar-refractivity contribution in [2.45, 2.75) is 77.2 Å². The minimum absolute atomic E-state index is 0.0177. The van der Waals surface area contributed by atoms with Crippen molar-refractivity contribution in [1.82, 2.24) is 0 Å². The number of halogens is 1. The topological polar surface area (TPSA) is 86.7 Å². The van der Waals surface area contributed by atoms with Gasteiger partial charge in [0.05, 0.1) is 0 Å². The SMILES string of the molecule is CCC(=O)OCC(=O)[C@]1(OC(=O)CC)[C@H](C)C[C@H]2[C@H]3C(=CC[C@@]21C)[C@@]1(C)C=CC(=O)C=C1C[C@H]3Br. The van der Waals surface area contributed by atoms with Crippen molar-refractivity contribution in [3.8, 4) is 0 Å². The predicted octanol–water partition coefficient (Wildman–Crippen LogP) is 5.05. The van der Waals surface area contributed by atoms with Gasteiger partial charge in [0.2, 0.25) is 5.78 Å². The van der Waals surface area contributed by atoms with Crippen LogP contribution in [0.1, 0.15) is 66.7 Å². The molecule has 0 radical (unpaired) electrons. The highest BCUT2D eigenvalue weighted by Gasteiger charge is 2.70. The number of ketones is 2. The van der Waals surface area contributed by atoms with E-state index in [0.717, 1.165) is 12.0 Å². The van der Waals surface area contributed by atoms with Gasteiger partial charge in [0.15, 0.2) is 18.0 Å². The molecule has 0 spiro atoms. The van der Waals surface area contributed by atoms with Crippen LogP contribution in [0.15, 0.2) is 35.5 Å². The van der Waals surface area contributed by atoms with E-state index in [0.29, 0.717) is 12.8 Å². The fraction of sp³-hybridized carbons (Fsp3) is 0.643. The van der Waals surface area contributed by atoms with Gasteiger partial charge in [0.25, 0.3) is 0 Å². The number of Topliss-reactive ketones (excluding diaryl/α,β-unsaturated/α-hetero) is 1. The van der Waals surface area contributed by atoms with Gasteiger partial charge in [-0.25, -0.2) is 0 Å². The summed E-state index contributed by atoms with van der Waals surface area (Å²) in [6.07, 6.45) is 9.98. The second-order valence-corrected chi connectivity index (χ2v) is 12.1. The molecule has 2 fully saturated rings. The summed E-state index contributed by atoms with van der Waals surface area (Å²) in [5.74, 6) is -1.25. The minimum atomic E-state index is -1.37. The van der Waals surface area contributed by atoms with Crippen LogP contribution in [0.5, 0.6) is 0 Å². The first-order valence-corrected chi connectivity index (χ1v) is 13.6. The number of hydrogen-bond donors (Lipinski definition) is 0. The summed E-state index contributed by atoms with van der Waals surface area (Å²) < 4.78 is 11.4. The van der Waals surface area contributed by atoms with E-state index in [9.17, 15) is 19.2 Å². The highest BCUT2D eigenvalue weighted by Crippen LogP contribution is 2.68. The standard InChI is InChI=1S/C28H35BrO6/c1-6-23(32)34-15-22(31)28(35-24(33)7-2)16(3)12-20-25-19(9-11-27(20,28)5)26(4)10-8-18(30)13-17(26)14-21(25)29/h8-10,13,16,20-21,25H,6-7,11-12,14-15H2,1-5H3/t16-,20+,21-,25-,26+,27+,28-/m1/s1. The Hall–Kier alpha value is -2.02. The molecule has 7 atom stereocenters. The molecule has 0 amide bonds. The number of carbonyl (C=O) groups excluding carboxylic acids is 4. The zero-order valence-corrected chi connectivity index (χ0v) is 22.8. The Morgan fingerprint density at radius 2 is 1.83 bits per heavy atom. The summed E-state index contributed by atoms with van der Waals surface area (Å²) in [5.41, 5.74) is 0.00869. The third kappa shape index (κ3) is 3.80. The number of carbonyl (C=O) groups is 4. The molecular formula is C28H35BrO6. The molecule has 7 heteroatoms. The Bertz CT molecular complexity index is 1060. The first-order valence-electron chi connectivity index (χ1n) is 12.6. The third-order valence-electron chi connectivity index (χ3n) is 9.11. The maximum absolute atomic E-state index is 13.8. The maximum atomic E-state index is 13.8. The van der Waals surface area contributed by atoms with Gasteiger partial charge in [-0.2, -0.15) is 0 Å². The van der Waals surface area contributed by atoms with Gasteiger partial charge in [-0.05, 0) is 50.2 Å². The first kappa shape index (κ1) is 26.1. The normalized spacial score (nSPS) is 39.5. The van der Waals surface area contributed by atoms with Gasteiger partial charge in [0.1, 0.15) is 0 Å². The third-order valence-corrected chi connectivity index (χ3v) is 10.00. The van der Waals surface area contributed by atoms with Crippen LogP contribution in [0.25, 0.3) is 0 Å². The van der Waals surface area contributed by atoms with E-state index >= 15 is 0 Å².